The van der Waals surface area contributed by atoms with Crippen molar-refractivity contribution in [1.82, 2.24) is 0 Å². The zero-order valence-electron chi connectivity index (χ0n) is 7.68. The standard InChI is InChI=1S/C10H5ClF4O/c11-9(16)4-2-6-1-3-8(12)7(5-6)10(13,14)15/h1-5H. The van der Waals surface area contributed by atoms with Crippen molar-refractivity contribution in [3.05, 3.63) is 41.2 Å². The number of hydrogen-bond donors (Lipinski definition) is 0. The Hall–Kier alpha value is -1.36. The van der Waals surface area contributed by atoms with Crippen LogP contribution >= 0.6 is 11.6 Å². The summed E-state index contributed by atoms with van der Waals surface area (Å²) in [5.74, 6) is -1.36. The van der Waals surface area contributed by atoms with Crippen molar-refractivity contribution in [3.8, 4) is 0 Å². The average Bonchev–Trinajstić information content (AvgIpc) is 2.14. The number of halogens is 5. The lowest BCUT2D eigenvalue weighted by Gasteiger charge is -2.08. The highest BCUT2D eigenvalue weighted by Crippen LogP contribution is 2.32. The maximum absolute atomic E-state index is 12.8. The predicted octanol–water partition coefficient (Wildman–Crippen LogP) is 3.62. The Balaban J connectivity index is 3.13. The molecule has 0 aliphatic rings. The van der Waals surface area contributed by atoms with Crippen molar-refractivity contribution in [2.75, 3.05) is 0 Å². The number of hydrogen-bond acceptors (Lipinski definition) is 1. The molecule has 1 aromatic rings. The second-order valence-corrected chi connectivity index (χ2v) is 3.25. The molecule has 6 heteroatoms. The van der Waals surface area contributed by atoms with E-state index in [9.17, 15) is 22.4 Å². The van der Waals surface area contributed by atoms with Crippen LogP contribution in [0.2, 0.25) is 0 Å². The summed E-state index contributed by atoms with van der Waals surface area (Å²) in [7, 11) is 0. The van der Waals surface area contributed by atoms with Gasteiger partial charge in [0.1, 0.15) is 5.82 Å². The fourth-order valence-electron chi connectivity index (χ4n) is 1.03. The minimum absolute atomic E-state index is 0.0442. The van der Waals surface area contributed by atoms with Crippen LogP contribution < -0.4 is 0 Å². The van der Waals surface area contributed by atoms with Crippen LogP contribution in [-0.2, 0) is 11.0 Å². The third-order valence-electron chi connectivity index (χ3n) is 1.70. The van der Waals surface area contributed by atoms with E-state index in [1.165, 1.54) is 0 Å². The van der Waals surface area contributed by atoms with E-state index in [1.807, 2.05) is 0 Å². The third-order valence-corrected chi connectivity index (χ3v) is 1.83. The van der Waals surface area contributed by atoms with Gasteiger partial charge in [0, 0.05) is 0 Å². The lowest BCUT2D eigenvalue weighted by Crippen LogP contribution is -2.08. The Bertz CT molecular complexity index is 437. The van der Waals surface area contributed by atoms with E-state index in [2.05, 4.69) is 0 Å². The van der Waals surface area contributed by atoms with Gasteiger partial charge in [-0.1, -0.05) is 12.1 Å². The van der Waals surface area contributed by atoms with E-state index < -0.39 is 22.8 Å². The number of allylic oxidation sites excluding steroid dienone is 1. The maximum Gasteiger partial charge on any atom is 0.419 e. The molecule has 0 heterocycles. The first kappa shape index (κ1) is 12.7. The van der Waals surface area contributed by atoms with Gasteiger partial charge in [-0.25, -0.2) is 4.39 Å². The first-order chi connectivity index (χ1) is 7.30. The molecule has 0 amide bonds. The van der Waals surface area contributed by atoms with Gasteiger partial charge in [0.25, 0.3) is 0 Å². The monoisotopic (exact) mass is 252 g/mol. The average molecular weight is 253 g/mol. The Morgan fingerprint density at radius 1 is 1.31 bits per heavy atom. The molecule has 0 unspecified atom stereocenters. The van der Waals surface area contributed by atoms with Crippen LogP contribution in [0, 0.1) is 5.82 Å². The summed E-state index contributed by atoms with van der Waals surface area (Å²) in [6, 6.07) is 2.40. The molecule has 1 aromatic carbocycles. The third kappa shape index (κ3) is 3.34. The second-order valence-electron chi connectivity index (χ2n) is 2.87. The maximum atomic E-state index is 12.8. The Labute approximate surface area is 93.3 Å². The van der Waals surface area contributed by atoms with Crippen LogP contribution in [0.1, 0.15) is 11.1 Å². The molecule has 0 N–H and O–H groups in total. The number of alkyl halides is 3. The van der Waals surface area contributed by atoms with Crippen molar-refractivity contribution in [1.29, 1.82) is 0 Å². The summed E-state index contributed by atoms with van der Waals surface area (Å²) in [5.41, 5.74) is -1.33. The largest absolute Gasteiger partial charge is 0.419 e. The molecule has 0 saturated carbocycles. The van der Waals surface area contributed by atoms with E-state index in [1.54, 1.807) is 0 Å². The van der Waals surface area contributed by atoms with Crippen LogP contribution in [0.5, 0.6) is 0 Å². The summed E-state index contributed by atoms with van der Waals surface area (Å²) >= 11 is 4.97. The van der Waals surface area contributed by atoms with Crippen molar-refractivity contribution in [2.45, 2.75) is 6.18 Å². The molecule has 16 heavy (non-hydrogen) atoms. The van der Waals surface area contributed by atoms with Crippen molar-refractivity contribution < 1.29 is 22.4 Å². The van der Waals surface area contributed by atoms with Gasteiger partial charge in [0.15, 0.2) is 0 Å². The van der Waals surface area contributed by atoms with Gasteiger partial charge in [0.05, 0.1) is 5.56 Å². The zero-order chi connectivity index (χ0) is 12.3. The van der Waals surface area contributed by atoms with Gasteiger partial charge in [-0.3, -0.25) is 4.79 Å². The fraction of sp³-hybridized carbons (Fsp3) is 0.100. The van der Waals surface area contributed by atoms with E-state index in [-0.39, 0.29) is 5.56 Å². The Morgan fingerprint density at radius 3 is 2.44 bits per heavy atom. The molecule has 0 fully saturated rings. The van der Waals surface area contributed by atoms with Crippen molar-refractivity contribution in [2.24, 2.45) is 0 Å². The van der Waals surface area contributed by atoms with E-state index in [0.29, 0.717) is 12.1 Å². The number of carbonyl (C=O) groups is 1. The normalized spacial score (nSPS) is 12.1. The van der Waals surface area contributed by atoms with Gasteiger partial charge in [-0.05, 0) is 35.4 Å². The van der Waals surface area contributed by atoms with Crippen molar-refractivity contribution in [3.63, 3.8) is 0 Å². The van der Waals surface area contributed by atoms with Crippen LogP contribution in [0.4, 0.5) is 17.6 Å². The molecule has 1 rings (SSSR count). The summed E-state index contributed by atoms with van der Waals surface area (Å²) in [6.45, 7) is 0. The van der Waals surface area contributed by atoms with Crippen LogP contribution in [0.3, 0.4) is 0 Å². The fourth-order valence-corrected chi connectivity index (χ4v) is 1.09. The molecular weight excluding hydrogens is 248 g/mol. The van der Waals surface area contributed by atoms with Gasteiger partial charge in [-0.2, -0.15) is 13.2 Å². The molecule has 0 spiro atoms. The molecule has 86 valence electrons. The van der Waals surface area contributed by atoms with Gasteiger partial charge in [-0.15, -0.1) is 0 Å². The number of carbonyl (C=O) groups excluding carboxylic acids is 1. The molecule has 0 bridgehead atoms. The minimum Gasteiger partial charge on any atom is -0.276 e. The highest BCUT2D eigenvalue weighted by molar-refractivity contribution is 6.66. The predicted molar refractivity (Wildman–Crippen MR) is 51.3 cm³/mol. The van der Waals surface area contributed by atoms with Crippen LogP contribution in [0.15, 0.2) is 24.3 Å². The number of benzene rings is 1. The molecule has 0 aromatic heterocycles. The molecule has 0 aliphatic heterocycles. The van der Waals surface area contributed by atoms with Gasteiger partial charge in [0.2, 0.25) is 5.24 Å². The first-order valence-electron chi connectivity index (χ1n) is 4.05. The lowest BCUT2D eigenvalue weighted by molar-refractivity contribution is -0.140. The summed E-state index contributed by atoms with van der Waals surface area (Å²) in [5, 5.41) is -0.821. The quantitative estimate of drug-likeness (QED) is 0.446. The minimum atomic E-state index is -4.76. The van der Waals surface area contributed by atoms with Crippen LogP contribution in [0.25, 0.3) is 6.08 Å². The summed E-state index contributed by atoms with van der Waals surface area (Å²) in [4.78, 5) is 10.3. The highest BCUT2D eigenvalue weighted by atomic mass is 35.5. The molecule has 0 atom stereocenters. The second kappa shape index (κ2) is 4.65. The van der Waals surface area contributed by atoms with E-state index in [0.717, 1.165) is 18.2 Å². The highest BCUT2D eigenvalue weighted by Gasteiger charge is 2.33. The molecule has 0 radical (unpaired) electrons. The smallest absolute Gasteiger partial charge is 0.276 e. The molecule has 1 nitrogen and oxygen atoms in total. The zero-order valence-corrected chi connectivity index (χ0v) is 8.44. The van der Waals surface area contributed by atoms with Crippen LogP contribution in [-0.4, -0.2) is 5.24 Å². The Morgan fingerprint density at radius 2 is 1.94 bits per heavy atom. The number of rotatable bonds is 2. The lowest BCUT2D eigenvalue weighted by atomic mass is 10.1. The van der Waals surface area contributed by atoms with Crippen molar-refractivity contribution >= 4 is 22.9 Å². The first-order valence-corrected chi connectivity index (χ1v) is 4.43. The van der Waals surface area contributed by atoms with Gasteiger partial charge < -0.3 is 0 Å². The summed E-state index contributed by atoms with van der Waals surface area (Å²) in [6.07, 6.45) is -2.81. The van der Waals surface area contributed by atoms with E-state index >= 15 is 0 Å². The topological polar surface area (TPSA) is 17.1 Å². The molecule has 0 aliphatic carbocycles. The SMILES string of the molecule is O=C(Cl)C=Cc1ccc(F)c(C(F)(F)F)c1. The summed E-state index contributed by atoms with van der Waals surface area (Å²) < 4.78 is 49.6. The van der Waals surface area contributed by atoms with Gasteiger partial charge >= 0.3 is 6.18 Å². The van der Waals surface area contributed by atoms with E-state index in [4.69, 9.17) is 11.6 Å². The molecular formula is C10H5ClF4O. The Kier molecular flexibility index (Phi) is 3.70. The molecule has 0 saturated heterocycles.